The zero-order valence-electron chi connectivity index (χ0n) is 13.0. The molecule has 1 amide bonds. The molecule has 1 aromatic carbocycles. The molecule has 23 heavy (non-hydrogen) atoms. The first kappa shape index (κ1) is 15.0. The van der Waals surface area contributed by atoms with Crippen molar-refractivity contribution in [3.05, 3.63) is 70.3 Å². The predicted octanol–water partition coefficient (Wildman–Crippen LogP) is 2.65. The van der Waals surface area contributed by atoms with E-state index in [9.17, 15) is 9.59 Å². The lowest BCUT2D eigenvalue weighted by Gasteiger charge is -2.12. The first-order chi connectivity index (χ1) is 11.0. The fraction of sp³-hybridized carbons (Fsp3) is 0.167. The molecule has 116 valence electrons. The maximum atomic E-state index is 12.6. The highest BCUT2D eigenvalue weighted by Crippen LogP contribution is 2.11. The quantitative estimate of drug-likeness (QED) is 0.809. The van der Waals surface area contributed by atoms with Gasteiger partial charge in [-0.2, -0.15) is 0 Å². The minimum Gasteiger partial charge on any atom is -0.309 e. The van der Waals surface area contributed by atoms with E-state index in [4.69, 9.17) is 0 Å². The second kappa shape index (κ2) is 6.04. The van der Waals surface area contributed by atoms with Crippen LogP contribution in [0.4, 0.5) is 5.82 Å². The van der Waals surface area contributed by atoms with E-state index in [1.165, 1.54) is 4.57 Å². The van der Waals surface area contributed by atoms with E-state index in [2.05, 4.69) is 10.3 Å². The molecule has 0 aliphatic rings. The summed E-state index contributed by atoms with van der Waals surface area (Å²) in [6.07, 6.45) is 0. The Labute approximate surface area is 133 Å². The van der Waals surface area contributed by atoms with Crippen LogP contribution in [0.15, 0.2) is 53.3 Å². The monoisotopic (exact) mass is 307 g/mol. The molecule has 0 radical (unpaired) electrons. The number of benzene rings is 1. The number of aromatic nitrogens is 2. The smallest absolute Gasteiger partial charge is 0.259 e. The summed E-state index contributed by atoms with van der Waals surface area (Å²) in [4.78, 5) is 29.0. The topological polar surface area (TPSA) is 64.0 Å². The third-order valence-corrected chi connectivity index (χ3v) is 3.68. The van der Waals surface area contributed by atoms with Crippen molar-refractivity contribution in [2.24, 2.45) is 0 Å². The highest BCUT2D eigenvalue weighted by Gasteiger charge is 2.10. The molecule has 5 nitrogen and oxygen atoms in total. The summed E-state index contributed by atoms with van der Waals surface area (Å²) in [5, 5.41) is 4.22. The zero-order valence-corrected chi connectivity index (χ0v) is 13.0. The van der Waals surface area contributed by atoms with Crippen LogP contribution in [-0.4, -0.2) is 15.5 Å². The molecular formula is C18H17N3O2. The number of rotatable bonds is 3. The van der Waals surface area contributed by atoms with Gasteiger partial charge in [-0.05, 0) is 43.5 Å². The molecule has 0 unspecified atom stereocenters. The minimum absolute atomic E-state index is 0.0366. The van der Waals surface area contributed by atoms with Gasteiger partial charge in [-0.3, -0.25) is 9.59 Å². The predicted molar refractivity (Wildman–Crippen MR) is 90.5 cm³/mol. The number of hydrogen-bond acceptors (Lipinski definition) is 3. The lowest BCUT2D eigenvalue weighted by Crippen LogP contribution is -2.29. The van der Waals surface area contributed by atoms with Crippen molar-refractivity contribution in [1.29, 1.82) is 0 Å². The van der Waals surface area contributed by atoms with Crippen molar-refractivity contribution in [2.75, 3.05) is 5.32 Å². The Balaban J connectivity index is 1.89. The number of anilines is 1. The van der Waals surface area contributed by atoms with Crippen molar-refractivity contribution < 1.29 is 4.79 Å². The zero-order chi connectivity index (χ0) is 16.4. The summed E-state index contributed by atoms with van der Waals surface area (Å²) < 4.78 is 1.48. The molecule has 0 saturated carbocycles. The van der Waals surface area contributed by atoms with Crippen LogP contribution in [0.25, 0.3) is 10.8 Å². The standard InChI is InChI=1S/C18H17N3O2/c1-12-6-5-9-16(19-12)20-17(22)11-21-13(2)10-14-7-3-4-8-15(14)18(21)23/h3-10H,11H2,1-2H3,(H,19,20,22). The van der Waals surface area contributed by atoms with Crippen LogP contribution in [0.1, 0.15) is 11.4 Å². The number of carbonyl (C=O) groups is 1. The lowest BCUT2D eigenvalue weighted by molar-refractivity contribution is -0.116. The summed E-state index contributed by atoms with van der Waals surface area (Å²) in [7, 11) is 0. The normalized spacial score (nSPS) is 10.7. The molecule has 2 heterocycles. The van der Waals surface area contributed by atoms with E-state index in [-0.39, 0.29) is 18.0 Å². The largest absolute Gasteiger partial charge is 0.309 e. The molecule has 0 atom stereocenters. The minimum atomic E-state index is -0.274. The van der Waals surface area contributed by atoms with Crippen molar-refractivity contribution >= 4 is 22.5 Å². The van der Waals surface area contributed by atoms with Crippen LogP contribution >= 0.6 is 0 Å². The maximum absolute atomic E-state index is 12.6. The molecule has 3 aromatic rings. The van der Waals surface area contributed by atoms with E-state index in [0.717, 1.165) is 16.8 Å². The molecule has 0 aliphatic carbocycles. The Bertz CT molecular complexity index is 944. The molecule has 0 saturated heterocycles. The Morgan fingerprint density at radius 3 is 2.70 bits per heavy atom. The third kappa shape index (κ3) is 3.13. The third-order valence-electron chi connectivity index (χ3n) is 3.68. The highest BCUT2D eigenvalue weighted by atomic mass is 16.2. The number of aryl methyl sites for hydroxylation is 2. The van der Waals surface area contributed by atoms with Gasteiger partial charge in [0.15, 0.2) is 0 Å². The highest BCUT2D eigenvalue weighted by molar-refractivity contribution is 5.90. The van der Waals surface area contributed by atoms with Gasteiger partial charge < -0.3 is 9.88 Å². The molecule has 2 aromatic heterocycles. The lowest BCUT2D eigenvalue weighted by atomic mass is 10.1. The van der Waals surface area contributed by atoms with Crippen molar-refractivity contribution in [3.8, 4) is 0 Å². The second-order valence-corrected chi connectivity index (χ2v) is 5.48. The van der Waals surface area contributed by atoms with Gasteiger partial charge in [-0.25, -0.2) is 4.98 Å². The first-order valence-electron chi connectivity index (χ1n) is 7.37. The Hall–Kier alpha value is -2.95. The number of carbonyl (C=O) groups excluding carboxylic acids is 1. The number of fused-ring (bicyclic) bond motifs is 1. The molecule has 0 spiro atoms. The summed E-state index contributed by atoms with van der Waals surface area (Å²) in [6.45, 7) is 3.64. The van der Waals surface area contributed by atoms with Crippen LogP contribution in [0.2, 0.25) is 0 Å². The first-order valence-corrected chi connectivity index (χ1v) is 7.37. The Morgan fingerprint density at radius 2 is 1.91 bits per heavy atom. The summed E-state index contributed by atoms with van der Waals surface area (Å²) in [6, 6.07) is 14.7. The Morgan fingerprint density at radius 1 is 1.13 bits per heavy atom. The van der Waals surface area contributed by atoms with Crippen LogP contribution in [0.3, 0.4) is 0 Å². The summed E-state index contributed by atoms with van der Waals surface area (Å²) in [5.41, 5.74) is 1.41. The SMILES string of the molecule is Cc1cccc(NC(=O)Cn2c(C)cc3ccccc3c2=O)n1. The molecule has 0 fully saturated rings. The summed E-state index contributed by atoms with van der Waals surface area (Å²) >= 11 is 0. The number of amides is 1. The van der Waals surface area contributed by atoms with Crippen molar-refractivity contribution in [2.45, 2.75) is 20.4 Å². The van der Waals surface area contributed by atoms with Gasteiger partial charge in [-0.1, -0.05) is 24.3 Å². The molecule has 1 N–H and O–H groups in total. The molecule has 0 aliphatic heterocycles. The van der Waals surface area contributed by atoms with Gasteiger partial charge in [-0.15, -0.1) is 0 Å². The average molecular weight is 307 g/mol. The van der Waals surface area contributed by atoms with E-state index in [1.54, 1.807) is 12.1 Å². The second-order valence-electron chi connectivity index (χ2n) is 5.48. The van der Waals surface area contributed by atoms with Crippen LogP contribution in [0.5, 0.6) is 0 Å². The van der Waals surface area contributed by atoms with Crippen molar-refractivity contribution in [1.82, 2.24) is 9.55 Å². The van der Waals surface area contributed by atoms with Crippen molar-refractivity contribution in [3.63, 3.8) is 0 Å². The van der Waals surface area contributed by atoms with Crippen LogP contribution in [0, 0.1) is 13.8 Å². The van der Waals surface area contributed by atoms with Gasteiger partial charge >= 0.3 is 0 Å². The maximum Gasteiger partial charge on any atom is 0.259 e. The fourth-order valence-corrected chi connectivity index (χ4v) is 2.56. The van der Waals surface area contributed by atoms with Crippen LogP contribution < -0.4 is 10.9 Å². The van der Waals surface area contributed by atoms with E-state index in [1.807, 2.05) is 50.2 Å². The summed E-state index contributed by atoms with van der Waals surface area (Å²) in [5.74, 6) is 0.213. The van der Waals surface area contributed by atoms with Gasteiger partial charge in [0, 0.05) is 16.8 Å². The molecule has 0 bridgehead atoms. The fourth-order valence-electron chi connectivity index (χ4n) is 2.56. The molecular weight excluding hydrogens is 290 g/mol. The van der Waals surface area contributed by atoms with E-state index in [0.29, 0.717) is 11.2 Å². The molecule has 5 heteroatoms. The van der Waals surface area contributed by atoms with E-state index < -0.39 is 0 Å². The van der Waals surface area contributed by atoms with Gasteiger partial charge in [0.25, 0.3) is 5.56 Å². The number of nitrogens with one attached hydrogen (secondary N) is 1. The number of hydrogen-bond donors (Lipinski definition) is 1. The van der Waals surface area contributed by atoms with E-state index >= 15 is 0 Å². The Kier molecular flexibility index (Phi) is 3.93. The van der Waals surface area contributed by atoms with Gasteiger partial charge in [0.05, 0.1) is 0 Å². The molecule has 3 rings (SSSR count). The van der Waals surface area contributed by atoms with Gasteiger partial charge in [0.2, 0.25) is 5.91 Å². The average Bonchev–Trinajstić information content (AvgIpc) is 2.51. The number of nitrogens with zero attached hydrogens (tertiary/aromatic N) is 2. The number of pyridine rings is 2. The van der Waals surface area contributed by atoms with Gasteiger partial charge in [0.1, 0.15) is 12.4 Å². The van der Waals surface area contributed by atoms with Crippen LogP contribution in [-0.2, 0) is 11.3 Å².